The van der Waals surface area contributed by atoms with Crippen molar-refractivity contribution in [3.8, 4) is 11.5 Å². The van der Waals surface area contributed by atoms with Crippen LogP contribution in [-0.2, 0) is 21.1 Å². The normalized spacial score (nSPS) is 23.6. The number of hydrogen-bond acceptors (Lipinski definition) is 6. The fraction of sp³-hybridized carbons (Fsp3) is 0.429. The van der Waals surface area contributed by atoms with Crippen LogP contribution in [0, 0.1) is 11.7 Å². The molecule has 0 bridgehead atoms. The number of ether oxygens (including phenoxy) is 1. The fourth-order valence-corrected chi connectivity index (χ4v) is 6.75. The largest absolute Gasteiger partial charge is 0.456 e. The van der Waals surface area contributed by atoms with Gasteiger partial charge in [0.15, 0.2) is 9.84 Å². The zero-order chi connectivity index (χ0) is 26.2. The Balaban J connectivity index is 1.55. The van der Waals surface area contributed by atoms with Gasteiger partial charge in [0.05, 0.1) is 23.2 Å². The third kappa shape index (κ3) is 5.56. The van der Waals surface area contributed by atoms with E-state index in [1.54, 1.807) is 18.3 Å². The van der Waals surface area contributed by atoms with Crippen molar-refractivity contribution in [1.82, 2.24) is 0 Å². The van der Waals surface area contributed by atoms with E-state index < -0.39 is 9.84 Å². The second-order valence-electron chi connectivity index (χ2n) is 10.2. The molecule has 2 heterocycles. The van der Waals surface area contributed by atoms with Gasteiger partial charge < -0.3 is 15.4 Å². The summed E-state index contributed by atoms with van der Waals surface area (Å²) in [6.45, 7) is 2.06. The minimum atomic E-state index is -3.09. The number of hydrogen-bond donors (Lipinski definition) is 1. The Morgan fingerprint density at radius 1 is 1.14 bits per heavy atom. The third-order valence-electron chi connectivity index (χ3n) is 7.30. The van der Waals surface area contributed by atoms with Crippen LogP contribution in [0.5, 0.6) is 11.5 Å². The van der Waals surface area contributed by atoms with Crippen LogP contribution in [0.15, 0.2) is 47.6 Å². The van der Waals surface area contributed by atoms with Gasteiger partial charge in [0.2, 0.25) is 5.91 Å². The Morgan fingerprint density at radius 3 is 2.57 bits per heavy atom. The number of sulfone groups is 1. The third-order valence-corrected chi connectivity index (χ3v) is 9.10. The lowest BCUT2D eigenvalue weighted by molar-refractivity contribution is -0.120. The Labute approximate surface area is 217 Å². The molecule has 7 nitrogen and oxygen atoms in total. The minimum absolute atomic E-state index is 0.0284. The Hall–Kier alpha value is -3.20. The summed E-state index contributed by atoms with van der Waals surface area (Å²) in [5.74, 6) is 1.09. The van der Waals surface area contributed by atoms with Crippen LogP contribution >= 0.6 is 0 Å². The monoisotopic (exact) mass is 525 g/mol. The summed E-state index contributed by atoms with van der Waals surface area (Å²) in [6.07, 6.45) is 7.65. The molecule has 0 aromatic heterocycles. The number of allylic oxidation sites excluding steroid dienone is 1. The Bertz CT molecular complexity index is 1350. The molecule has 0 radical (unpaired) electrons. The lowest BCUT2D eigenvalue weighted by Gasteiger charge is -2.37. The van der Waals surface area contributed by atoms with Crippen LogP contribution in [0.4, 0.5) is 10.1 Å². The molecule has 2 aromatic rings. The van der Waals surface area contributed by atoms with Crippen LogP contribution in [-0.4, -0.2) is 44.1 Å². The number of anilines is 1. The highest BCUT2D eigenvalue weighted by Crippen LogP contribution is 2.45. The molecule has 1 saturated carbocycles. The number of aliphatic imine (C=N–C) groups is 1. The van der Waals surface area contributed by atoms with Gasteiger partial charge in [0, 0.05) is 41.1 Å². The maximum Gasteiger partial charge on any atom is 0.230 e. The van der Waals surface area contributed by atoms with Crippen molar-refractivity contribution in [1.29, 1.82) is 0 Å². The SMILES string of the molecule is C[C@H]1CCc2c(ccc(C(C=NC3CCCS(=O)(=O)C3)=CN)c2Oc2ccc(F)cc2)N1C(=O)C1CC1. The van der Waals surface area contributed by atoms with Crippen molar-refractivity contribution in [3.05, 3.63) is 59.5 Å². The number of benzene rings is 2. The molecule has 1 saturated heterocycles. The second kappa shape index (κ2) is 10.3. The summed E-state index contributed by atoms with van der Waals surface area (Å²) in [4.78, 5) is 19.6. The number of carbonyl (C=O) groups excluding carboxylic acids is 1. The van der Waals surface area contributed by atoms with Gasteiger partial charge in [-0.1, -0.05) is 0 Å². The number of nitrogens with two attached hydrogens (primary N) is 1. The lowest BCUT2D eigenvalue weighted by atomic mass is 9.91. The Kier molecular flexibility index (Phi) is 7.07. The average molecular weight is 526 g/mol. The first kappa shape index (κ1) is 25.4. The highest BCUT2D eigenvalue weighted by atomic mass is 32.2. The summed E-state index contributed by atoms with van der Waals surface area (Å²) in [7, 11) is -3.09. The van der Waals surface area contributed by atoms with Gasteiger partial charge in [-0.15, -0.1) is 0 Å². The summed E-state index contributed by atoms with van der Waals surface area (Å²) < 4.78 is 44.0. The van der Waals surface area contributed by atoms with E-state index in [9.17, 15) is 17.6 Å². The molecule has 1 unspecified atom stereocenters. The van der Waals surface area contributed by atoms with E-state index in [2.05, 4.69) is 11.9 Å². The van der Waals surface area contributed by atoms with Crippen LogP contribution in [0.2, 0.25) is 0 Å². The van der Waals surface area contributed by atoms with Crippen molar-refractivity contribution in [2.24, 2.45) is 16.6 Å². The molecule has 5 rings (SSSR count). The van der Waals surface area contributed by atoms with E-state index in [0.717, 1.165) is 30.5 Å². The van der Waals surface area contributed by atoms with Crippen LogP contribution in [0.3, 0.4) is 0 Å². The molecule has 1 amide bonds. The van der Waals surface area contributed by atoms with E-state index in [4.69, 9.17) is 10.5 Å². The summed E-state index contributed by atoms with van der Waals surface area (Å²) in [5.41, 5.74) is 9.02. The molecule has 2 aromatic carbocycles. The van der Waals surface area contributed by atoms with Gasteiger partial charge in [-0.25, -0.2) is 12.8 Å². The fourth-order valence-electron chi connectivity index (χ4n) is 5.14. The summed E-state index contributed by atoms with van der Waals surface area (Å²) >= 11 is 0. The highest BCUT2D eigenvalue weighted by molar-refractivity contribution is 7.91. The maximum absolute atomic E-state index is 13.6. The van der Waals surface area contributed by atoms with Gasteiger partial charge in [0.1, 0.15) is 17.3 Å². The van der Waals surface area contributed by atoms with Crippen molar-refractivity contribution in [2.45, 2.75) is 57.5 Å². The van der Waals surface area contributed by atoms with E-state index in [0.29, 0.717) is 41.9 Å². The van der Waals surface area contributed by atoms with Crippen LogP contribution < -0.4 is 15.4 Å². The molecule has 37 heavy (non-hydrogen) atoms. The molecular formula is C28H32FN3O4S. The molecule has 196 valence electrons. The highest BCUT2D eigenvalue weighted by Gasteiger charge is 2.39. The molecule has 3 aliphatic rings. The van der Waals surface area contributed by atoms with Gasteiger partial charge >= 0.3 is 0 Å². The molecular weight excluding hydrogens is 493 g/mol. The van der Waals surface area contributed by atoms with E-state index in [-0.39, 0.29) is 41.2 Å². The number of fused-ring (bicyclic) bond motifs is 1. The summed E-state index contributed by atoms with van der Waals surface area (Å²) in [6, 6.07) is 9.34. The zero-order valence-electron chi connectivity index (χ0n) is 20.9. The molecule has 2 fully saturated rings. The number of halogens is 1. The van der Waals surface area contributed by atoms with Gasteiger partial charge in [-0.2, -0.15) is 0 Å². The predicted molar refractivity (Wildman–Crippen MR) is 143 cm³/mol. The first-order valence-electron chi connectivity index (χ1n) is 12.8. The predicted octanol–water partition coefficient (Wildman–Crippen LogP) is 4.64. The number of nitrogens with zero attached hydrogens (tertiary/aromatic N) is 2. The topological polar surface area (TPSA) is 102 Å². The average Bonchev–Trinajstić information content (AvgIpc) is 3.71. The zero-order valence-corrected chi connectivity index (χ0v) is 21.7. The Morgan fingerprint density at radius 2 is 1.89 bits per heavy atom. The summed E-state index contributed by atoms with van der Waals surface area (Å²) in [5, 5.41) is 0. The van der Waals surface area contributed by atoms with E-state index >= 15 is 0 Å². The minimum Gasteiger partial charge on any atom is -0.456 e. The molecule has 2 N–H and O–H groups in total. The van der Waals surface area contributed by atoms with Crippen molar-refractivity contribution in [2.75, 3.05) is 16.4 Å². The van der Waals surface area contributed by atoms with Gasteiger partial charge in [-0.3, -0.25) is 9.79 Å². The first-order valence-corrected chi connectivity index (χ1v) is 14.7. The molecule has 9 heteroatoms. The van der Waals surface area contributed by atoms with Gasteiger partial charge in [-0.05, 0) is 81.8 Å². The van der Waals surface area contributed by atoms with E-state index in [1.165, 1.54) is 18.3 Å². The first-order chi connectivity index (χ1) is 17.8. The van der Waals surface area contributed by atoms with E-state index in [1.807, 2.05) is 17.0 Å². The molecule has 2 aliphatic heterocycles. The van der Waals surface area contributed by atoms with Crippen LogP contribution in [0.25, 0.3) is 5.57 Å². The molecule has 0 spiro atoms. The lowest BCUT2D eigenvalue weighted by Crippen LogP contribution is -2.43. The molecule has 1 aliphatic carbocycles. The van der Waals surface area contributed by atoms with Crippen molar-refractivity contribution in [3.63, 3.8) is 0 Å². The number of rotatable bonds is 6. The smallest absolute Gasteiger partial charge is 0.230 e. The van der Waals surface area contributed by atoms with Crippen molar-refractivity contribution >= 4 is 33.2 Å². The number of amides is 1. The van der Waals surface area contributed by atoms with Crippen molar-refractivity contribution < 1.29 is 22.3 Å². The quantitative estimate of drug-likeness (QED) is 0.554. The standard InChI is InChI=1S/C28H32FN3O4S/c1-18-4-11-25-26(32(18)28(33)19-5-6-19)13-12-24(27(25)36-23-9-7-21(29)8-10-23)20(15-30)16-31-22-3-2-14-37(34,35)17-22/h7-10,12-13,15-16,18-19,22H,2-6,11,14,17,30H2,1H3/t18-,22?/m0/s1. The van der Waals surface area contributed by atoms with Crippen LogP contribution in [0.1, 0.15) is 50.2 Å². The second-order valence-corrected chi connectivity index (χ2v) is 12.4. The maximum atomic E-state index is 13.6. The van der Waals surface area contributed by atoms with Gasteiger partial charge in [0.25, 0.3) is 0 Å². The number of carbonyl (C=O) groups is 1. The molecule has 2 atom stereocenters.